The topological polar surface area (TPSA) is 94.0 Å². The lowest BCUT2D eigenvalue weighted by atomic mass is 10.2. The van der Waals surface area contributed by atoms with Gasteiger partial charge in [0.25, 0.3) is 5.91 Å². The van der Waals surface area contributed by atoms with Crippen molar-refractivity contribution in [1.29, 1.82) is 0 Å². The third-order valence-corrected chi connectivity index (χ3v) is 2.97. The van der Waals surface area contributed by atoms with E-state index in [9.17, 15) is 4.79 Å². The third-order valence-electron chi connectivity index (χ3n) is 2.51. The molecule has 0 radical (unpaired) electrons. The van der Waals surface area contributed by atoms with E-state index in [1.807, 2.05) is 25.1 Å². The van der Waals surface area contributed by atoms with E-state index in [0.717, 1.165) is 15.7 Å². The van der Waals surface area contributed by atoms with Crippen molar-refractivity contribution in [2.45, 2.75) is 6.92 Å². The molecule has 0 fully saturated rings. The lowest BCUT2D eigenvalue weighted by Crippen LogP contribution is -2.14. The molecule has 1 aromatic heterocycles. The maximum absolute atomic E-state index is 11.2. The Bertz CT molecular complexity index is 622. The van der Waals surface area contributed by atoms with Crippen LogP contribution in [0.2, 0.25) is 0 Å². The molecule has 0 spiro atoms. The van der Waals surface area contributed by atoms with Crippen LogP contribution >= 0.6 is 15.9 Å². The molecule has 0 bridgehead atoms. The minimum absolute atomic E-state index is 0.254. The number of aromatic nitrogens is 1. The number of amides is 1. The van der Waals surface area contributed by atoms with Crippen LogP contribution in [0.5, 0.6) is 0 Å². The highest BCUT2D eigenvalue weighted by atomic mass is 79.9. The van der Waals surface area contributed by atoms with Gasteiger partial charge in [-0.3, -0.25) is 4.79 Å². The van der Waals surface area contributed by atoms with Crippen LogP contribution in [0.15, 0.2) is 34.9 Å². The summed E-state index contributed by atoms with van der Waals surface area (Å²) in [5.41, 5.74) is 13.4. The standard InChI is InChI=1S/C13H13BrN4O/c1-7-2-8(14)4-9(3-7)18-12-5-10(13(16)19)11(15)6-17-12/h2-6H,15H2,1H3,(H2,16,19)(H,17,18). The number of halogens is 1. The fraction of sp³-hybridized carbons (Fsp3) is 0.0769. The number of rotatable bonds is 3. The quantitative estimate of drug-likeness (QED) is 0.810. The number of benzene rings is 1. The summed E-state index contributed by atoms with van der Waals surface area (Å²) >= 11 is 3.42. The molecule has 0 aliphatic carbocycles. The van der Waals surface area contributed by atoms with Crippen LogP contribution in [0.1, 0.15) is 15.9 Å². The molecular weight excluding hydrogens is 308 g/mol. The number of nitrogens with two attached hydrogens (primary N) is 2. The van der Waals surface area contributed by atoms with Gasteiger partial charge in [0.15, 0.2) is 0 Å². The number of anilines is 3. The van der Waals surface area contributed by atoms with Gasteiger partial charge in [0, 0.05) is 10.2 Å². The molecule has 1 heterocycles. The van der Waals surface area contributed by atoms with Crippen molar-refractivity contribution in [3.63, 3.8) is 0 Å². The maximum atomic E-state index is 11.2. The Morgan fingerprint density at radius 2 is 2.05 bits per heavy atom. The Morgan fingerprint density at radius 3 is 2.68 bits per heavy atom. The average Bonchev–Trinajstić information content (AvgIpc) is 2.30. The fourth-order valence-corrected chi connectivity index (χ4v) is 2.31. The van der Waals surface area contributed by atoms with Gasteiger partial charge < -0.3 is 16.8 Å². The predicted octanol–water partition coefficient (Wildman–Crippen LogP) is 2.58. The Morgan fingerprint density at radius 1 is 1.32 bits per heavy atom. The first-order valence-electron chi connectivity index (χ1n) is 5.55. The van der Waals surface area contributed by atoms with Gasteiger partial charge in [-0.05, 0) is 36.8 Å². The first-order valence-corrected chi connectivity index (χ1v) is 6.34. The Balaban J connectivity index is 2.33. The minimum atomic E-state index is -0.576. The van der Waals surface area contributed by atoms with Crippen LogP contribution in [-0.2, 0) is 0 Å². The van der Waals surface area contributed by atoms with Gasteiger partial charge in [-0.1, -0.05) is 15.9 Å². The molecule has 5 N–H and O–H groups in total. The summed E-state index contributed by atoms with van der Waals surface area (Å²) in [4.78, 5) is 15.3. The summed E-state index contributed by atoms with van der Waals surface area (Å²) in [6, 6.07) is 7.41. The van der Waals surface area contributed by atoms with Gasteiger partial charge in [0.1, 0.15) is 5.82 Å². The SMILES string of the molecule is Cc1cc(Br)cc(Nc2cc(C(N)=O)c(N)cn2)c1. The zero-order valence-corrected chi connectivity index (χ0v) is 11.9. The van der Waals surface area contributed by atoms with Gasteiger partial charge in [0.2, 0.25) is 0 Å². The van der Waals surface area contributed by atoms with E-state index in [4.69, 9.17) is 11.5 Å². The van der Waals surface area contributed by atoms with Crippen LogP contribution in [0, 0.1) is 6.92 Å². The van der Waals surface area contributed by atoms with Gasteiger partial charge in [-0.2, -0.15) is 0 Å². The van der Waals surface area contributed by atoms with E-state index in [2.05, 4.69) is 26.2 Å². The van der Waals surface area contributed by atoms with Crippen molar-refractivity contribution in [3.05, 3.63) is 46.1 Å². The molecule has 1 amide bonds. The molecule has 98 valence electrons. The second-order valence-electron chi connectivity index (χ2n) is 4.16. The fourth-order valence-electron chi connectivity index (χ4n) is 1.70. The second-order valence-corrected chi connectivity index (χ2v) is 5.08. The predicted molar refractivity (Wildman–Crippen MR) is 79.3 cm³/mol. The minimum Gasteiger partial charge on any atom is -0.397 e. The first-order chi connectivity index (χ1) is 8.95. The van der Waals surface area contributed by atoms with Crippen molar-refractivity contribution in [3.8, 4) is 0 Å². The Labute approximate surface area is 119 Å². The normalized spacial score (nSPS) is 10.2. The molecule has 0 unspecified atom stereocenters. The number of pyridine rings is 1. The van der Waals surface area contributed by atoms with Crippen molar-refractivity contribution < 1.29 is 4.79 Å². The molecule has 19 heavy (non-hydrogen) atoms. The Kier molecular flexibility index (Phi) is 3.71. The molecule has 0 aliphatic heterocycles. The van der Waals surface area contributed by atoms with Gasteiger partial charge in [-0.25, -0.2) is 4.98 Å². The first kappa shape index (κ1) is 13.4. The molecule has 5 nitrogen and oxygen atoms in total. The van der Waals surface area contributed by atoms with Crippen molar-refractivity contribution >= 4 is 39.0 Å². The summed E-state index contributed by atoms with van der Waals surface area (Å²) < 4.78 is 0.959. The summed E-state index contributed by atoms with van der Waals surface area (Å²) in [6.07, 6.45) is 1.41. The van der Waals surface area contributed by atoms with Crippen molar-refractivity contribution in [2.24, 2.45) is 5.73 Å². The number of hydrogen-bond acceptors (Lipinski definition) is 4. The molecular formula is C13H13BrN4O. The molecule has 0 aliphatic rings. The number of primary amides is 1. The molecule has 2 rings (SSSR count). The molecule has 1 aromatic carbocycles. The average molecular weight is 321 g/mol. The number of carbonyl (C=O) groups is 1. The number of hydrogen-bond donors (Lipinski definition) is 3. The molecule has 2 aromatic rings. The lowest BCUT2D eigenvalue weighted by molar-refractivity contribution is 0.100. The largest absolute Gasteiger partial charge is 0.397 e. The molecule has 6 heteroatoms. The maximum Gasteiger partial charge on any atom is 0.250 e. The van der Waals surface area contributed by atoms with Gasteiger partial charge >= 0.3 is 0 Å². The summed E-state index contributed by atoms with van der Waals surface area (Å²) in [6.45, 7) is 1.99. The van der Waals surface area contributed by atoms with E-state index < -0.39 is 5.91 Å². The summed E-state index contributed by atoms with van der Waals surface area (Å²) in [5.74, 6) is -0.0612. The monoisotopic (exact) mass is 320 g/mol. The zero-order valence-electron chi connectivity index (χ0n) is 10.3. The number of carbonyl (C=O) groups excluding carboxylic acids is 1. The lowest BCUT2D eigenvalue weighted by Gasteiger charge is -2.09. The summed E-state index contributed by atoms with van der Waals surface area (Å²) in [7, 11) is 0. The highest BCUT2D eigenvalue weighted by molar-refractivity contribution is 9.10. The summed E-state index contributed by atoms with van der Waals surface area (Å²) in [5, 5.41) is 3.10. The van der Waals surface area contributed by atoms with E-state index in [0.29, 0.717) is 5.82 Å². The van der Waals surface area contributed by atoms with E-state index in [1.54, 1.807) is 0 Å². The van der Waals surface area contributed by atoms with Gasteiger partial charge in [-0.15, -0.1) is 0 Å². The van der Waals surface area contributed by atoms with Crippen molar-refractivity contribution in [1.82, 2.24) is 4.98 Å². The van der Waals surface area contributed by atoms with E-state index >= 15 is 0 Å². The molecule has 0 saturated carbocycles. The van der Waals surface area contributed by atoms with Crippen LogP contribution in [0.3, 0.4) is 0 Å². The van der Waals surface area contributed by atoms with E-state index in [-0.39, 0.29) is 11.3 Å². The number of aryl methyl sites for hydroxylation is 1. The third kappa shape index (κ3) is 3.23. The van der Waals surface area contributed by atoms with Crippen LogP contribution in [0.25, 0.3) is 0 Å². The number of nitrogen functional groups attached to an aromatic ring is 1. The van der Waals surface area contributed by atoms with Crippen LogP contribution in [-0.4, -0.2) is 10.9 Å². The smallest absolute Gasteiger partial charge is 0.250 e. The van der Waals surface area contributed by atoms with Gasteiger partial charge in [0.05, 0.1) is 17.4 Å². The van der Waals surface area contributed by atoms with Crippen molar-refractivity contribution in [2.75, 3.05) is 11.1 Å². The zero-order chi connectivity index (χ0) is 14.0. The highest BCUT2D eigenvalue weighted by Gasteiger charge is 2.08. The molecule has 0 atom stereocenters. The Hall–Kier alpha value is -2.08. The number of nitrogens with zero attached hydrogens (tertiary/aromatic N) is 1. The second kappa shape index (κ2) is 5.27. The van der Waals surface area contributed by atoms with Crippen LogP contribution < -0.4 is 16.8 Å². The molecule has 0 saturated heterocycles. The number of nitrogens with one attached hydrogen (secondary N) is 1. The van der Waals surface area contributed by atoms with Crippen LogP contribution in [0.4, 0.5) is 17.2 Å². The highest BCUT2D eigenvalue weighted by Crippen LogP contribution is 2.23. The van der Waals surface area contributed by atoms with E-state index in [1.165, 1.54) is 12.3 Å².